The van der Waals surface area contributed by atoms with Gasteiger partial charge in [0.1, 0.15) is 0 Å². The standard InChI is InChI=1S/C13H18ClN3O3/c1-7(2)8(3)6-16-13(18)10-4-9(17(19)20)5-11(14)12(10)15/h4-5,7-8H,6,15H2,1-3H3,(H,16,18). The Bertz CT molecular complexity index is 532. The van der Waals surface area contributed by atoms with E-state index in [2.05, 4.69) is 19.2 Å². The van der Waals surface area contributed by atoms with Gasteiger partial charge in [-0.1, -0.05) is 32.4 Å². The number of halogens is 1. The van der Waals surface area contributed by atoms with Crippen LogP contribution in [0.4, 0.5) is 11.4 Å². The molecule has 0 radical (unpaired) electrons. The summed E-state index contributed by atoms with van der Waals surface area (Å²) < 4.78 is 0. The van der Waals surface area contributed by atoms with Crippen molar-refractivity contribution in [1.29, 1.82) is 0 Å². The number of nitrogens with one attached hydrogen (secondary N) is 1. The molecule has 0 aromatic heterocycles. The Labute approximate surface area is 122 Å². The van der Waals surface area contributed by atoms with Gasteiger partial charge in [-0.2, -0.15) is 0 Å². The number of nitro groups is 1. The maximum absolute atomic E-state index is 12.0. The van der Waals surface area contributed by atoms with Crippen molar-refractivity contribution in [3.8, 4) is 0 Å². The minimum Gasteiger partial charge on any atom is -0.397 e. The van der Waals surface area contributed by atoms with E-state index in [0.717, 1.165) is 12.1 Å². The van der Waals surface area contributed by atoms with Gasteiger partial charge in [0.05, 0.1) is 21.2 Å². The van der Waals surface area contributed by atoms with E-state index in [1.54, 1.807) is 0 Å². The number of carbonyl (C=O) groups excluding carboxylic acids is 1. The lowest BCUT2D eigenvalue weighted by atomic mass is 9.98. The average Bonchev–Trinajstić information content (AvgIpc) is 2.37. The lowest BCUT2D eigenvalue weighted by Gasteiger charge is -2.16. The van der Waals surface area contributed by atoms with Gasteiger partial charge < -0.3 is 11.1 Å². The molecule has 110 valence electrons. The molecule has 0 aliphatic rings. The first kappa shape index (κ1) is 16.2. The summed E-state index contributed by atoms with van der Waals surface area (Å²) in [6, 6.07) is 2.26. The van der Waals surface area contributed by atoms with Gasteiger partial charge in [-0.15, -0.1) is 0 Å². The minimum absolute atomic E-state index is 0.00116. The monoisotopic (exact) mass is 299 g/mol. The van der Waals surface area contributed by atoms with E-state index >= 15 is 0 Å². The third-order valence-corrected chi connectivity index (χ3v) is 3.61. The Morgan fingerprint density at radius 2 is 2.05 bits per heavy atom. The molecule has 20 heavy (non-hydrogen) atoms. The highest BCUT2D eigenvalue weighted by Gasteiger charge is 2.19. The van der Waals surface area contributed by atoms with Crippen molar-refractivity contribution >= 4 is 28.9 Å². The Balaban J connectivity index is 2.95. The molecule has 0 spiro atoms. The largest absolute Gasteiger partial charge is 0.397 e. The number of benzene rings is 1. The van der Waals surface area contributed by atoms with Gasteiger partial charge >= 0.3 is 0 Å². The van der Waals surface area contributed by atoms with Crippen molar-refractivity contribution in [1.82, 2.24) is 5.32 Å². The normalized spacial score (nSPS) is 12.2. The van der Waals surface area contributed by atoms with Gasteiger partial charge in [0, 0.05) is 18.7 Å². The van der Waals surface area contributed by atoms with E-state index in [0.29, 0.717) is 12.5 Å². The first-order valence-electron chi connectivity index (χ1n) is 6.25. The third kappa shape index (κ3) is 3.84. The van der Waals surface area contributed by atoms with Gasteiger partial charge in [-0.05, 0) is 11.8 Å². The Hall–Kier alpha value is -1.82. The van der Waals surface area contributed by atoms with Crippen molar-refractivity contribution in [2.75, 3.05) is 12.3 Å². The summed E-state index contributed by atoms with van der Waals surface area (Å²) in [7, 11) is 0. The van der Waals surface area contributed by atoms with E-state index in [9.17, 15) is 14.9 Å². The van der Waals surface area contributed by atoms with Crippen LogP contribution in [0.3, 0.4) is 0 Å². The number of hydrogen-bond donors (Lipinski definition) is 2. The lowest BCUT2D eigenvalue weighted by molar-refractivity contribution is -0.384. The van der Waals surface area contributed by atoms with Crippen molar-refractivity contribution in [2.24, 2.45) is 11.8 Å². The van der Waals surface area contributed by atoms with Gasteiger partial charge in [0.25, 0.3) is 11.6 Å². The molecule has 1 aromatic carbocycles. The number of nitrogen functional groups attached to an aromatic ring is 1. The summed E-state index contributed by atoms with van der Waals surface area (Å²) in [6.07, 6.45) is 0. The summed E-state index contributed by atoms with van der Waals surface area (Å²) in [4.78, 5) is 22.2. The van der Waals surface area contributed by atoms with Gasteiger partial charge in [0.15, 0.2) is 0 Å². The zero-order valence-corrected chi connectivity index (χ0v) is 12.4. The predicted molar refractivity (Wildman–Crippen MR) is 78.9 cm³/mol. The van der Waals surface area contributed by atoms with E-state index in [-0.39, 0.29) is 27.9 Å². The Kier molecular flexibility index (Phi) is 5.33. The Morgan fingerprint density at radius 1 is 1.45 bits per heavy atom. The highest BCUT2D eigenvalue weighted by atomic mass is 35.5. The third-order valence-electron chi connectivity index (χ3n) is 3.29. The Morgan fingerprint density at radius 3 is 2.55 bits per heavy atom. The molecular weight excluding hydrogens is 282 g/mol. The summed E-state index contributed by atoms with van der Waals surface area (Å²) in [5, 5.41) is 13.5. The molecule has 0 aliphatic heterocycles. The van der Waals surface area contributed by atoms with Gasteiger partial charge in [-0.25, -0.2) is 0 Å². The smallest absolute Gasteiger partial charge is 0.271 e. The molecule has 7 heteroatoms. The number of carbonyl (C=O) groups is 1. The summed E-state index contributed by atoms with van der Waals surface area (Å²) in [5.74, 6) is 0.247. The summed E-state index contributed by atoms with van der Waals surface area (Å²) in [6.45, 7) is 6.58. The number of hydrogen-bond acceptors (Lipinski definition) is 4. The first-order chi connectivity index (χ1) is 9.23. The fourth-order valence-corrected chi connectivity index (χ4v) is 1.70. The van der Waals surface area contributed by atoms with E-state index in [1.165, 1.54) is 0 Å². The summed E-state index contributed by atoms with van der Waals surface area (Å²) in [5.41, 5.74) is 5.52. The quantitative estimate of drug-likeness (QED) is 0.496. The van der Waals surface area contributed by atoms with Crippen LogP contribution in [0.25, 0.3) is 0 Å². The number of anilines is 1. The number of rotatable bonds is 5. The zero-order valence-electron chi connectivity index (χ0n) is 11.6. The molecule has 1 unspecified atom stereocenters. The topological polar surface area (TPSA) is 98.3 Å². The van der Waals surface area contributed by atoms with E-state index in [1.807, 2.05) is 6.92 Å². The molecule has 0 aliphatic carbocycles. The molecule has 0 bridgehead atoms. The van der Waals surface area contributed by atoms with Crippen molar-refractivity contribution in [2.45, 2.75) is 20.8 Å². The van der Waals surface area contributed by atoms with Crippen LogP contribution in [0.15, 0.2) is 12.1 Å². The highest BCUT2D eigenvalue weighted by Crippen LogP contribution is 2.28. The minimum atomic E-state index is -0.612. The van der Waals surface area contributed by atoms with Gasteiger partial charge in [0.2, 0.25) is 0 Å². The predicted octanol–water partition coefficient (Wildman–Crippen LogP) is 2.85. The highest BCUT2D eigenvalue weighted by molar-refractivity contribution is 6.34. The number of nitrogens with two attached hydrogens (primary N) is 1. The van der Waals surface area contributed by atoms with Crippen molar-refractivity contribution in [3.05, 3.63) is 32.8 Å². The second-order valence-electron chi connectivity index (χ2n) is 5.08. The van der Waals surface area contributed by atoms with Crippen LogP contribution in [0.5, 0.6) is 0 Å². The van der Waals surface area contributed by atoms with E-state index < -0.39 is 10.8 Å². The zero-order chi connectivity index (χ0) is 15.4. The van der Waals surface area contributed by atoms with Crippen LogP contribution >= 0.6 is 11.6 Å². The maximum atomic E-state index is 12.0. The molecule has 1 amide bonds. The lowest BCUT2D eigenvalue weighted by Crippen LogP contribution is -2.30. The molecule has 0 heterocycles. The molecule has 6 nitrogen and oxygen atoms in total. The second-order valence-corrected chi connectivity index (χ2v) is 5.48. The molecular formula is C13H18ClN3O3. The van der Waals surface area contributed by atoms with Crippen molar-refractivity contribution < 1.29 is 9.72 Å². The van der Waals surface area contributed by atoms with Crippen LogP contribution in [-0.4, -0.2) is 17.4 Å². The fraction of sp³-hybridized carbons (Fsp3) is 0.462. The second kappa shape index (κ2) is 6.56. The maximum Gasteiger partial charge on any atom is 0.271 e. The molecule has 1 atom stereocenters. The number of amides is 1. The molecule has 0 fully saturated rings. The summed E-state index contributed by atoms with van der Waals surface area (Å²) >= 11 is 5.81. The van der Waals surface area contributed by atoms with Crippen molar-refractivity contribution in [3.63, 3.8) is 0 Å². The molecule has 1 rings (SSSR count). The van der Waals surface area contributed by atoms with Crippen LogP contribution in [0, 0.1) is 22.0 Å². The van der Waals surface area contributed by atoms with Crippen LogP contribution in [0.1, 0.15) is 31.1 Å². The fourth-order valence-electron chi connectivity index (χ4n) is 1.48. The SMILES string of the molecule is CC(C)C(C)CNC(=O)c1cc([N+](=O)[O-])cc(Cl)c1N. The first-order valence-corrected chi connectivity index (χ1v) is 6.63. The van der Waals surface area contributed by atoms with Gasteiger partial charge in [-0.3, -0.25) is 14.9 Å². The number of nitro benzene ring substituents is 1. The molecule has 0 saturated heterocycles. The number of nitrogens with zero attached hydrogens (tertiary/aromatic N) is 1. The molecule has 3 N–H and O–H groups in total. The molecule has 1 aromatic rings. The average molecular weight is 300 g/mol. The molecule has 0 saturated carbocycles. The van der Waals surface area contributed by atoms with Crippen LogP contribution in [0.2, 0.25) is 5.02 Å². The van der Waals surface area contributed by atoms with Crippen LogP contribution < -0.4 is 11.1 Å². The van der Waals surface area contributed by atoms with Crippen LogP contribution in [-0.2, 0) is 0 Å². The van der Waals surface area contributed by atoms with E-state index in [4.69, 9.17) is 17.3 Å². The number of non-ortho nitro benzene ring substituents is 1.